The molecule has 0 amide bonds. The van der Waals surface area contributed by atoms with Crippen molar-refractivity contribution < 1.29 is 9.47 Å². The zero-order valence-electron chi connectivity index (χ0n) is 14.2. The van der Waals surface area contributed by atoms with Crippen molar-refractivity contribution in [2.75, 3.05) is 27.4 Å². The zero-order valence-corrected chi connectivity index (χ0v) is 14.2. The first-order valence-electron chi connectivity index (χ1n) is 8.14. The van der Waals surface area contributed by atoms with E-state index >= 15 is 0 Å². The first-order chi connectivity index (χ1) is 11.2. The van der Waals surface area contributed by atoms with E-state index in [9.17, 15) is 0 Å². The monoisotopic (exact) mass is 315 g/mol. The predicted molar refractivity (Wildman–Crippen MR) is 89.6 cm³/mol. The molecule has 2 aromatic rings. The standard InChI is InChI=1S/C18H25N3O2/c1-4-21-18-15(9-19-21)11-20(12-16(18)13-22-2)10-14-5-7-17(23-3)8-6-14/h5-9,16H,4,10-13H2,1-3H3. The van der Waals surface area contributed by atoms with Crippen LogP contribution in [0.25, 0.3) is 0 Å². The number of ether oxygens (including phenoxy) is 2. The third kappa shape index (κ3) is 3.41. The minimum Gasteiger partial charge on any atom is -0.497 e. The van der Waals surface area contributed by atoms with Crippen LogP contribution in [0, 0.1) is 0 Å². The Morgan fingerprint density at radius 1 is 1.22 bits per heavy atom. The molecule has 5 nitrogen and oxygen atoms in total. The molecule has 0 fully saturated rings. The van der Waals surface area contributed by atoms with Crippen LogP contribution in [0.3, 0.4) is 0 Å². The van der Waals surface area contributed by atoms with E-state index in [1.54, 1.807) is 14.2 Å². The van der Waals surface area contributed by atoms with Crippen LogP contribution in [0.4, 0.5) is 0 Å². The van der Waals surface area contributed by atoms with Gasteiger partial charge in [-0.15, -0.1) is 0 Å². The predicted octanol–water partition coefficient (Wildman–Crippen LogP) is 2.66. The SMILES string of the molecule is CCn1ncc2c1C(COC)CN(Cc1ccc(OC)cc1)C2. The van der Waals surface area contributed by atoms with Crippen molar-refractivity contribution in [3.63, 3.8) is 0 Å². The number of hydrogen-bond donors (Lipinski definition) is 0. The van der Waals surface area contributed by atoms with Crippen molar-refractivity contribution in [1.29, 1.82) is 0 Å². The second kappa shape index (κ2) is 7.15. The first kappa shape index (κ1) is 16.0. The Morgan fingerprint density at radius 3 is 2.65 bits per heavy atom. The summed E-state index contributed by atoms with van der Waals surface area (Å²) < 4.78 is 12.8. The van der Waals surface area contributed by atoms with Gasteiger partial charge < -0.3 is 9.47 Å². The molecule has 2 heterocycles. The molecule has 0 spiro atoms. The van der Waals surface area contributed by atoms with Gasteiger partial charge in [0.1, 0.15) is 5.75 Å². The van der Waals surface area contributed by atoms with Gasteiger partial charge in [0.25, 0.3) is 0 Å². The van der Waals surface area contributed by atoms with Gasteiger partial charge in [0, 0.05) is 50.5 Å². The average molecular weight is 315 g/mol. The van der Waals surface area contributed by atoms with Gasteiger partial charge in [0.05, 0.1) is 19.9 Å². The van der Waals surface area contributed by atoms with Crippen molar-refractivity contribution in [2.24, 2.45) is 0 Å². The molecular formula is C18H25N3O2. The summed E-state index contributed by atoms with van der Waals surface area (Å²) in [4.78, 5) is 2.47. The Bertz CT molecular complexity index is 636. The summed E-state index contributed by atoms with van der Waals surface area (Å²) >= 11 is 0. The number of fused-ring (bicyclic) bond motifs is 1. The molecular weight excluding hydrogens is 290 g/mol. The van der Waals surface area contributed by atoms with E-state index in [1.165, 1.54) is 16.8 Å². The fourth-order valence-corrected chi connectivity index (χ4v) is 3.43. The van der Waals surface area contributed by atoms with Crippen LogP contribution in [0.1, 0.15) is 29.7 Å². The number of methoxy groups -OCH3 is 2. The molecule has 1 aliphatic heterocycles. The summed E-state index contributed by atoms with van der Waals surface area (Å²) in [5, 5.41) is 4.53. The second-order valence-corrected chi connectivity index (χ2v) is 6.04. The van der Waals surface area contributed by atoms with Gasteiger partial charge >= 0.3 is 0 Å². The topological polar surface area (TPSA) is 39.5 Å². The maximum absolute atomic E-state index is 5.45. The molecule has 23 heavy (non-hydrogen) atoms. The summed E-state index contributed by atoms with van der Waals surface area (Å²) in [6.45, 7) is 6.66. The molecule has 1 aromatic carbocycles. The summed E-state index contributed by atoms with van der Waals surface area (Å²) in [5.74, 6) is 1.28. The van der Waals surface area contributed by atoms with Gasteiger partial charge in [-0.05, 0) is 24.6 Å². The first-order valence-corrected chi connectivity index (χ1v) is 8.14. The van der Waals surface area contributed by atoms with Crippen molar-refractivity contribution in [3.05, 3.63) is 47.3 Å². The molecule has 5 heteroatoms. The van der Waals surface area contributed by atoms with Crippen molar-refractivity contribution >= 4 is 0 Å². The van der Waals surface area contributed by atoms with E-state index in [4.69, 9.17) is 9.47 Å². The summed E-state index contributed by atoms with van der Waals surface area (Å²) in [6, 6.07) is 8.31. The fraction of sp³-hybridized carbons (Fsp3) is 0.500. The average Bonchev–Trinajstić information content (AvgIpc) is 2.99. The van der Waals surface area contributed by atoms with E-state index < -0.39 is 0 Å². The highest BCUT2D eigenvalue weighted by Gasteiger charge is 2.29. The normalized spacial score (nSPS) is 18.0. The quantitative estimate of drug-likeness (QED) is 0.821. The lowest BCUT2D eigenvalue weighted by molar-refractivity contribution is 0.132. The Kier molecular flexibility index (Phi) is 4.98. The molecule has 3 rings (SSSR count). The van der Waals surface area contributed by atoms with Gasteiger partial charge in [-0.2, -0.15) is 5.10 Å². The Labute approximate surface area is 137 Å². The van der Waals surface area contributed by atoms with Crippen LogP contribution < -0.4 is 4.74 Å². The highest BCUT2D eigenvalue weighted by molar-refractivity contribution is 5.29. The van der Waals surface area contributed by atoms with Gasteiger partial charge in [0.2, 0.25) is 0 Å². The van der Waals surface area contributed by atoms with E-state index in [0.29, 0.717) is 5.92 Å². The molecule has 1 aromatic heterocycles. The van der Waals surface area contributed by atoms with Crippen LogP contribution in [-0.2, 0) is 24.4 Å². The maximum Gasteiger partial charge on any atom is 0.118 e. The molecule has 0 radical (unpaired) electrons. The van der Waals surface area contributed by atoms with Gasteiger partial charge in [-0.1, -0.05) is 12.1 Å². The van der Waals surface area contributed by atoms with Crippen LogP contribution >= 0.6 is 0 Å². The third-order valence-corrected chi connectivity index (χ3v) is 4.45. The third-order valence-electron chi connectivity index (χ3n) is 4.45. The number of hydrogen-bond acceptors (Lipinski definition) is 4. The fourth-order valence-electron chi connectivity index (χ4n) is 3.43. The van der Waals surface area contributed by atoms with Crippen LogP contribution in [0.2, 0.25) is 0 Å². The second-order valence-electron chi connectivity index (χ2n) is 6.04. The molecule has 1 aliphatic rings. The summed E-state index contributed by atoms with van der Waals surface area (Å²) in [5.41, 5.74) is 3.97. The number of rotatable bonds is 6. The smallest absolute Gasteiger partial charge is 0.118 e. The van der Waals surface area contributed by atoms with Crippen molar-refractivity contribution in [2.45, 2.75) is 32.5 Å². The lowest BCUT2D eigenvalue weighted by Crippen LogP contribution is -2.35. The van der Waals surface area contributed by atoms with Gasteiger partial charge in [0.15, 0.2) is 0 Å². The zero-order chi connectivity index (χ0) is 16.2. The highest BCUT2D eigenvalue weighted by atomic mass is 16.5. The van der Waals surface area contributed by atoms with E-state index in [-0.39, 0.29) is 0 Å². The molecule has 1 atom stereocenters. The number of aryl methyl sites for hydroxylation is 1. The minimum atomic E-state index is 0.379. The molecule has 124 valence electrons. The number of aromatic nitrogens is 2. The van der Waals surface area contributed by atoms with E-state index in [1.807, 2.05) is 18.3 Å². The molecule has 0 saturated heterocycles. The van der Waals surface area contributed by atoms with E-state index in [2.05, 4.69) is 33.7 Å². The van der Waals surface area contributed by atoms with Crippen molar-refractivity contribution in [1.82, 2.24) is 14.7 Å². The van der Waals surface area contributed by atoms with Crippen LogP contribution in [0.15, 0.2) is 30.5 Å². The Hall–Kier alpha value is -1.85. The number of nitrogens with zero attached hydrogens (tertiary/aromatic N) is 3. The Morgan fingerprint density at radius 2 is 2.00 bits per heavy atom. The Balaban J connectivity index is 1.76. The summed E-state index contributed by atoms with van der Waals surface area (Å²) in [6.07, 6.45) is 2.02. The minimum absolute atomic E-state index is 0.379. The molecule has 0 saturated carbocycles. The summed E-state index contributed by atoms with van der Waals surface area (Å²) in [7, 11) is 3.47. The van der Waals surface area contributed by atoms with Gasteiger partial charge in [-0.25, -0.2) is 0 Å². The number of benzene rings is 1. The van der Waals surface area contributed by atoms with Crippen LogP contribution in [0.5, 0.6) is 5.75 Å². The van der Waals surface area contributed by atoms with Gasteiger partial charge in [-0.3, -0.25) is 9.58 Å². The van der Waals surface area contributed by atoms with Crippen LogP contribution in [-0.4, -0.2) is 42.1 Å². The molecule has 0 aliphatic carbocycles. The van der Waals surface area contributed by atoms with Crippen molar-refractivity contribution in [3.8, 4) is 5.75 Å². The molecule has 0 N–H and O–H groups in total. The molecule has 1 unspecified atom stereocenters. The molecule has 0 bridgehead atoms. The lowest BCUT2D eigenvalue weighted by atomic mass is 9.96. The largest absolute Gasteiger partial charge is 0.497 e. The highest BCUT2D eigenvalue weighted by Crippen LogP contribution is 2.29. The van der Waals surface area contributed by atoms with E-state index in [0.717, 1.165) is 38.5 Å². The maximum atomic E-state index is 5.45. The lowest BCUT2D eigenvalue weighted by Gasteiger charge is -2.33.